The molecule has 1 aromatic rings. The van der Waals surface area contributed by atoms with Crippen LogP contribution in [0.25, 0.3) is 0 Å². The van der Waals surface area contributed by atoms with Crippen LogP contribution in [-0.4, -0.2) is 66.8 Å². The summed E-state index contributed by atoms with van der Waals surface area (Å²) < 4.78 is 39.1. The summed E-state index contributed by atoms with van der Waals surface area (Å²) in [6, 6.07) is 0.235. The summed E-state index contributed by atoms with van der Waals surface area (Å²) >= 11 is 0. The van der Waals surface area contributed by atoms with E-state index in [0.717, 1.165) is 13.3 Å². The molecule has 3 rings (SSSR count). The molecule has 0 bridgehead atoms. The topological polar surface area (TPSA) is 76.9 Å². The third-order valence-electron chi connectivity index (χ3n) is 5.00. The Kier molecular flexibility index (Phi) is 11.1. The van der Waals surface area contributed by atoms with E-state index in [4.69, 9.17) is 4.74 Å². The fraction of sp³-hybridized carbons (Fsp3) is 0.650. The normalized spacial score (nSPS) is 20.8. The number of carbonyl (C=O) groups excluding carboxylic acids is 1. The van der Waals surface area contributed by atoms with Crippen LogP contribution in [0.4, 0.5) is 20.5 Å². The van der Waals surface area contributed by atoms with Crippen LogP contribution in [0.15, 0.2) is 10.9 Å². The molecular weight excluding hydrogens is 405 g/mol. The van der Waals surface area contributed by atoms with Crippen LogP contribution in [0.5, 0.6) is 0 Å². The number of halogens is 2. The monoisotopic (exact) mass is 434 g/mol. The molecule has 0 unspecified atom stereocenters. The van der Waals surface area contributed by atoms with Crippen LogP contribution in [0.2, 0.25) is 0 Å². The number of aromatic nitrogens is 2. The molecule has 170 valence electrons. The standard InChI is InChI=1S/C16H21F2N4O3.C4H8O.Li/c1-11-10-25-8-6-20(11)13-9-14(24)22-4-3-12(16(2,17)18)21(5-7-23)15(22)19-13;1-3-4-5-2;/h9,11-12H,3-6,8,10H2,1-2H3;1-4H2;/q-1;-2;+1/t11-,12+;;/m1../s1. The first-order valence-corrected chi connectivity index (χ1v) is 9.86. The number of hydrogen-bond acceptors (Lipinski definition) is 7. The third-order valence-corrected chi connectivity index (χ3v) is 5.00. The largest absolute Gasteiger partial charge is 1.00 e. The maximum atomic E-state index is 14.0. The summed E-state index contributed by atoms with van der Waals surface area (Å²) in [5.41, 5.74) is -0.313. The average Bonchev–Trinajstić information content (AvgIpc) is 2.69. The van der Waals surface area contributed by atoms with E-state index in [1.54, 1.807) is 6.29 Å². The van der Waals surface area contributed by atoms with E-state index in [1.807, 2.05) is 11.8 Å². The average molecular weight is 434 g/mol. The van der Waals surface area contributed by atoms with Crippen molar-refractivity contribution in [3.05, 3.63) is 30.5 Å². The number of rotatable bonds is 6. The number of nitrogens with zero attached hydrogens (tertiary/aromatic N) is 4. The van der Waals surface area contributed by atoms with Crippen molar-refractivity contribution in [3.63, 3.8) is 0 Å². The van der Waals surface area contributed by atoms with Gasteiger partial charge in [-0.2, -0.15) is 11.4 Å². The maximum Gasteiger partial charge on any atom is 1.00 e. The summed E-state index contributed by atoms with van der Waals surface area (Å²) in [6.45, 7) is 8.29. The van der Waals surface area contributed by atoms with Crippen LogP contribution < -0.4 is 34.2 Å². The van der Waals surface area contributed by atoms with Crippen molar-refractivity contribution in [2.24, 2.45) is 0 Å². The summed E-state index contributed by atoms with van der Waals surface area (Å²) in [5, 5.41) is 0. The Balaban J connectivity index is 0.000000721. The second-order valence-electron chi connectivity index (χ2n) is 7.32. The van der Waals surface area contributed by atoms with E-state index in [-0.39, 0.29) is 55.9 Å². The summed E-state index contributed by atoms with van der Waals surface area (Å²) in [5.74, 6) is -2.51. The third kappa shape index (κ3) is 7.01. The van der Waals surface area contributed by atoms with Crippen LogP contribution in [0.1, 0.15) is 26.7 Å². The van der Waals surface area contributed by atoms with Gasteiger partial charge in [-0.05, 0) is 20.0 Å². The minimum absolute atomic E-state index is 0. The van der Waals surface area contributed by atoms with Crippen LogP contribution in [-0.2, 0) is 20.8 Å². The molecule has 2 aliphatic heterocycles. The van der Waals surface area contributed by atoms with Crippen LogP contribution in [0, 0.1) is 14.0 Å². The zero-order valence-electron chi connectivity index (χ0n) is 18.5. The molecule has 3 heterocycles. The van der Waals surface area contributed by atoms with Crippen molar-refractivity contribution in [2.45, 2.75) is 51.2 Å². The van der Waals surface area contributed by atoms with Crippen molar-refractivity contribution < 1.29 is 41.9 Å². The summed E-state index contributed by atoms with van der Waals surface area (Å²) in [7, 11) is 3.14. The molecule has 8 nitrogen and oxygen atoms in total. The molecule has 2 atom stereocenters. The molecule has 0 aliphatic carbocycles. The van der Waals surface area contributed by atoms with Gasteiger partial charge in [-0.15, -0.1) is 0 Å². The van der Waals surface area contributed by atoms with Gasteiger partial charge in [-0.25, -0.2) is 22.2 Å². The van der Waals surface area contributed by atoms with Gasteiger partial charge in [0.2, 0.25) is 5.95 Å². The number of fused-ring (bicyclic) bond motifs is 1. The summed E-state index contributed by atoms with van der Waals surface area (Å²) in [4.78, 5) is 31.0. The van der Waals surface area contributed by atoms with Crippen LogP contribution in [0.3, 0.4) is 0 Å². The number of anilines is 2. The SMILES string of the molecule is C[C@@H]1COCCN1c1cc(=O)n2c(n1)N(C[C-]=O)[C@H](C(C)(F)F)CC2.[CH2-]CCO[CH2-].[Li+]. The van der Waals surface area contributed by atoms with Gasteiger partial charge in [0.05, 0.1) is 25.3 Å². The Bertz CT molecular complexity index is 758. The minimum Gasteiger partial charge on any atom is -0.557 e. The van der Waals surface area contributed by atoms with Gasteiger partial charge >= 0.3 is 18.9 Å². The molecule has 2 aliphatic rings. The Labute approximate surface area is 194 Å². The Morgan fingerprint density at radius 1 is 1.42 bits per heavy atom. The van der Waals surface area contributed by atoms with E-state index in [1.165, 1.54) is 15.5 Å². The molecule has 1 saturated heterocycles. The number of morpholine rings is 1. The van der Waals surface area contributed by atoms with Gasteiger partial charge in [-0.3, -0.25) is 9.36 Å². The minimum atomic E-state index is -3.03. The van der Waals surface area contributed by atoms with Gasteiger partial charge < -0.3 is 31.0 Å². The smallest absolute Gasteiger partial charge is 0.557 e. The quantitative estimate of drug-likeness (QED) is 0.413. The van der Waals surface area contributed by atoms with Gasteiger partial charge in [0.25, 0.3) is 11.5 Å². The van der Waals surface area contributed by atoms with Crippen molar-refractivity contribution in [3.8, 4) is 0 Å². The predicted molar refractivity (Wildman–Crippen MR) is 109 cm³/mol. The molecule has 0 spiro atoms. The van der Waals surface area contributed by atoms with Gasteiger partial charge in [-0.1, -0.05) is 6.54 Å². The molecule has 0 radical (unpaired) electrons. The van der Waals surface area contributed by atoms with Crippen LogP contribution >= 0.6 is 0 Å². The van der Waals surface area contributed by atoms with E-state index >= 15 is 0 Å². The molecule has 0 saturated carbocycles. The Morgan fingerprint density at radius 3 is 2.65 bits per heavy atom. The number of alkyl halides is 2. The first-order chi connectivity index (χ1) is 14.2. The van der Waals surface area contributed by atoms with Crippen molar-refractivity contribution in [1.29, 1.82) is 0 Å². The first kappa shape index (κ1) is 27.6. The molecule has 1 fully saturated rings. The molecule has 0 amide bonds. The van der Waals surface area contributed by atoms with E-state index in [9.17, 15) is 18.4 Å². The van der Waals surface area contributed by atoms with Crippen molar-refractivity contribution in [1.82, 2.24) is 9.55 Å². The fourth-order valence-corrected chi connectivity index (χ4v) is 3.55. The van der Waals surface area contributed by atoms with Gasteiger partial charge in [0.1, 0.15) is 5.82 Å². The van der Waals surface area contributed by atoms with E-state index in [2.05, 4.69) is 23.8 Å². The molecule has 11 heteroatoms. The molecule has 1 aromatic heterocycles. The van der Waals surface area contributed by atoms with E-state index < -0.39 is 12.0 Å². The number of hydrogen-bond donors (Lipinski definition) is 0. The van der Waals surface area contributed by atoms with E-state index in [0.29, 0.717) is 32.2 Å². The van der Waals surface area contributed by atoms with Gasteiger partial charge in [0.15, 0.2) is 0 Å². The zero-order valence-corrected chi connectivity index (χ0v) is 18.5. The maximum absolute atomic E-state index is 14.0. The van der Waals surface area contributed by atoms with Crippen molar-refractivity contribution in [2.75, 3.05) is 42.7 Å². The zero-order chi connectivity index (χ0) is 22.3. The molecule has 31 heavy (non-hydrogen) atoms. The predicted octanol–water partition coefficient (Wildman–Crippen LogP) is -1.17. The number of ether oxygens (including phenoxy) is 2. The molecule has 0 N–H and O–H groups in total. The fourth-order valence-electron chi connectivity index (χ4n) is 3.55. The Hall–Kier alpha value is -1.47. The first-order valence-electron chi connectivity index (χ1n) is 9.86. The second-order valence-corrected chi connectivity index (χ2v) is 7.32. The Morgan fingerprint density at radius 2 is 2.13 bits per heavy atom. The van der Waals surface area contributed by atoms with Gasteiger partial charge in [0, 0.05) is 26.1 Å². The molecule has 0 aromatic carbocycles. The second kappa shape index (κ2) is 12.5. The summed E-state index contributed by atoms with van der Waals surface area (Å²) in [6.07, 6.45) is 2.53. The van der Waals surface area contributed by atoms with Crippen molar-refractivity contribution >= 4 is 18.1 Å². The molecular formula is C20H29F2LiN4O4-2.